The molecule has 2 fully saturated rings. The molecule has 0 radical (unpaired) electrons. The maximum Gasteiger partial charge on any atom is 0.420 e. The Labute approximate surface area is 210 Å². The molecule has 6 nitrogen and oxygen atoms in total. The van der Waals surface area contributed by atoms with Crippen LogP contribution >= 0.6 is 0 Å². The molecule has 0 atom stereocenters. The van der Waals surface area contributed by atoms with Gasteiger partial charge in [-0.15, -0.1) is 0 Å². The molecule has 1 saturated heterocycles. The minimum absolute atomic E-state index is 0.0173. The number of carboxylic acid groups (broad SMARTS) is 1. The van der Waals surface area contributed by atoms with Gasteiger partial charge in [-0.1, -0.05) is 6.07 Å². The number of pyridine rings is 1. The van der Waals surface area contributed by atoms with Crippen molar-refractivity contribution in [2.24, 2.45) is 0 Å². The maximum atomic E-state index is 15.4. The fourth-order valence-electron chi connectivity index (χ4n) is 4.92. The number of nitrogens with zero attached hydrogens (tertiary/aromatic N) is 3. The monoisotopic (exact) mass is 543 g/mol. The molecule has 1 aliphatic heterocycles. The van der Waals surface area contributed by atoms with Crippen LogP contribution in [0, 0.1) is 5.82 Å². The predicted molar refractivity (Wildman–Crippen MR) is 124 cm³/mol. The summed E-state index contributed by atoms with van der Waals surface area (Å²) in [6.07, 6.45) is -7.84. The molecule has 0 unspecified atom stereocenters. The van der Waals surface area contributed by atoms with Gasteiger partial charge in [-0.2, -0.15) is 26.3 Å². The van der Waals surface area contributed by atoms with Crippen molar-refractivity contribution >= 4 is 28.2 Å². The molecular weight excluding hydrogens is 523 g/mol. The summed E-state index contributed by atoms with van der Waals surface area (Å²) in [5.41, 5.74) is -5.32. The van der Waals surface area contributed by atoms with E-state index in [2.05, 4.69) is 0 Å². The molecule has 2 aromatic carbocycles. The molecule has 3 aromatic rings. The fourth-order valence-corrected chi connectivity index (χ4v) is 4.92. The summed E-state index contributed by atoms with van der Waals surface area (Å²) in [7, 11) is 0. The smallest absolute Gasteiger partial charge is 0.420 e. The molecule has 2 aliphatic rings. The number of halogens is 7. The van der Waals surface area contributed by atoms with Gasteiger partial charge in [0.25, 0.3) is 0 Å². The van der Waals surface area contributed by atoms with Crippen molar-refractivity contribution in [1.82, 2.24) is 4.57 Å². The zero-order chi connectivity index (χ0) is 27.6. The topological polar surface area (TPSA) is 65.8 Å². The summed E-state index contributed by atoms with van der Waals surface area (Å²) in [5.74, 6) is -2.96. The normalized spacial score (nSPS) is 16.8. The van der Waals surface area contributed by atoms with Gasteiger partial charge in [0, 0.05) is 44.1 Å². The van der Waals surface area contributed by atoms with Crippen molar-refractivity contribution in [3.05, 3.63) is 69.3 Å². The van der Waals surface area contributed by atoms with E-state index in [-0.39, 0.29) is 31.9 Å². The van der Waals surface area contributed by atoms with Crippen LogP contribution in [0.15, 0.2) is 41.3 Å². The SMILES string of the molecule is O=C(O)c1cn(C2CC2)c2c(C(F)(F)F)c(N3CCN(c4cccc(C(F)(F)F)c4)CC3)c(F)cc2c1=O. The van der Waals surface area contributed by atoms with E-state index in [0.29, 0.717) is 18.9 Å². The van der Waals surface area contributed by atoms with Crippen molar-refractivity contribution in [3.8, 4) is 0 Å². The van der Waals surface area contributed by atoms with Crippen LogP contribution in [-0.2, 0) is 12.4 Å². The van der Waals surface area contributed by atoms with Crippen LogP contribution in [0.1, 0.15) is 40.4 Å². The number of carboxylic acids is 1. The van der Waals surface area contributed by atoms with Crippen molar-refractivity contribution < 1.29 is 40.6 Å². The molecule has 202 valence electrons. The summed E-state index contributed by atoms with van der Waals surface area (Å²) in [6, 6.07) is 4.73. The highest BCUT2D eigenvalue weighted by Gasteiger charge is 2.42. The van der Waals surface area contributed by atoms with Crippen LogP contribution in [-0.4, -0.2) is 41.8 Å². The summed E-state index contributed by atoms with van der Waals surface area (Å²) in [4.78, 5) is 27.0. The van der Waals surface area contributed by atoms with Gasteiger partial charge in [-0.3, -0.25) is 4.79 Å². The van der Waals surface area contributed by atoms with E-state index in [1.54, 1.807) is 4.90 Å². The quantitative estimate of drug-likeness (QED) is 0.438. The Morgan fingerprint density at radius 2 is 1.55 bits per heavy atom. The van der Waals surface area contributed by atoms with Crippen LogP contribution in [0.3, 0.4) is 0 Å². The summed E-state index contributed by atoms with van der Waals surface area (Å²) >= 11 is 0. The molecule has 5 rings (SSSR count). The third kappa shape index (κ3) is 4.54. The lowest BCUT2D eigenvalue weighted by Gasteiger charge is -2.39. The Morgan fingerprint density at radius 3 is 2.11 bits per heavy atom. The molecule has 1 aromatic heterocycles. The van der Waals surface area contributed by atoms with E-state index in [1.807, 2.05) is 0 Å². The van der Waals surface area contributed by atoms with E-state index in [1.165, 1.54) is 12.1 Å². The summed E-state index contributed by atoms with van der Waals surface area (Å²) < 4.78 is 99.4. The molecule has 1 saturated carbocycles. The molecular formula is C25H20F7N3O3. The summed E-state index contributed by atoms with van der Waals surface area (Å²) in [6.45, 7) is -0.238. The zero-order valence-electron chi connectivity index (χ0n) is 19.5. The Balaban J connectivity index is 1.58. The number of hydrogen-bond donors (Lipinski definition) is 1. The van der Waals surface area contributed by atoms with Crippen LogP contribution in [0.25, 0.3) is 10.9 Å². The van der Waals surface area contributed by atoms with E-state index >= 15 is 4.39 Å². The second kappa shape index (κ2) is 8.91. The Morgan fingerprint density at radius 1 is 0.921 bits per heavy atom. The van der Waals surface area contributed by atoms with Gasteiger partial charge in [0.05, 0.1) is 22.2 Å². The molecule has 1 aliphatic carbocycles. The highest BCUT2D eigenvalue weighted by Crippen LogP contribution is 2.46. The van der Waals surface area contributed by atoms with Gasteiger partial charge >= 0.3 is 18.3 Å². The number of anilines is 2. The number of carbonyl (C=O) groups is 1. The van der Waals surface area contributed by atoms with Crippen LogP contribution in [0.2, 0.25) is 0 Å². The lowest BCUT2D eigenvalue weighted by atomic mass is 10.0. The first-order valence-corrected chi connectivity index (χ1v) is 11.7. The van der Waals surface area contributed by atoms with E-state index in [9.17, 15) is 41.0 Å². The zero-order valence-corrected chi connectivity index (χ0v) is 19.5. The van der Waals surface area contributed by atoms with E-state index in [0.717, 1.165) is 27.8 Å². The minimum Gasteiger partial charge on any atom is -0.477 e. The van der Waals surface area contributed by atoms with Crippen molar-refractivity contribution in [2.45, 2.75) is 31.2 Å². The minimum atomic E-state index is -5.10. The molecule has 13 heteroatoms. The number of aromatic carboxylic acids is 1. The van der Waals surface area contributed by atoms with Crippen LogP contribution < -0.4 is 15.2 Å². The number of benzene rings is 2. The average molecular weight is 543 g/mol. The fraction of sp³-hybridized carbons (Fsp3) is 0.360. The van der Waals surface area contributed by atoms with Crippen molar-refractivity contribution in [3.63, 3.8) is 0 Å². The van der Waals surface area contributed by atoms with Gasteiger partial charge in [0.1, 0.15) is 16.9 Å². The molecule has 2 heterocycles. The molecule has 1 N–H and O–H groups in total. The maximum absolute atomic E-state index is 15.4. The first-order valence-electron chi connectivity index (χ1n) is 11.7. The third-order valence-electron chi connectivity index (χ3n) is 6.83. The summed E-state index contributed by atoms with van der Waals surface area (Å²) in [5, 5.41) is 8.71. The van der Waals surface area contributed by atoms with Crippen LogP contribution in [0.4, 0.5) is 42.1 Å². The second-order valence-electron chi connectivity index (χ2n) is 9.31. The number of alkyl halides is 6. The third-order valence-corrected chi connectivity index (χ3v) is 6.83. The Kier molecular flexibility index (Phi) is 6.07. The average Bonchev–Trinajstić information content (AvgIpc) is 3.68. The lowest BCUT2D eigenvalue weighted by molar-refractivity contribution is -0.137. The Bertz CT molecular complexity index is 1480. The van der Waals surface area contributed by atoms with Gasteiger partial charge in [-0.05, 0) is 37.1 Å². The molecule has 0 spiro atoms. The largest absolute Gasteiger partial charge is 0.477 e. The van der Waals surface area contributed by atoms with Gasteiger partial charge < -0.3 is 19.5 Å². The molecule has 0 amide bonds. The van der Waals surface area contributed by atoms with Gasteiger partial charge in [-0.25, -0.2) is 9.18 Å². The predicted octanol–water partition coefficient (Wildman–Crippen LogP) is 5.54. The number of fused-ring (bicyclic) bond motifs is 1. The lowest BCUT2D eigenvalue weighted by Crippen LogP contribution is -2.47. The molecule has 0 bridgehead atoms. The van der Waals surface area contributed by atoms with Crippen LogP contribution in [0.5, 0.6) is 0 Å². The number of rotatable bonds is 4. The Hall–Kier alpha value is -3.77. The number of aromatic nitrogens is 1. The first-order chi connectivity index (χ1) is 17.8. The van der Waals surface area contributed by atoms with Crippen molar-refractivity contribution in [2.75, 3.05) is 36.0 Å². The second-order valence-corrected chi connectivity index (χ2v) is 9.31. The first kappa shape index (κ1) is 25.9. The number of hydrogen-bond acceptors (Lipinski definition) is 4. The van der Waals surface area contributed by atoms with E-state index in [4.69, 9.17) is 0 Å². The van der Waals surface area contributed by atoms with E-state index < -0.39 is 68.9 Å². The highest BCUT2D eigenvalue weighted by atomic mass is 19.4. The van der Waals surface area contributed by atoms with Gasteiger partial charge in [0.2, 0.25) is 5.43 Å². The van der Waals surface area contributed by atoms with Crippen molar-refractivity contribution in [1.29, 1.82) is 0 Å². The highest BCUT2D eigenvalue weighted by molar-refractivity contribution is 5.95. The molecule has 38 heavy (non-hydrogen) atoms. The van der Waals surface area contributed by atoms with Gasteiger partial charge in [0.15, 0.2) is 0 Å². The number of piperazine rings is 1. The standard InChI is InChI=1S/C25H20F7N3O3/c26-18-11-16-20(35(14-4-5-14)12-17(22(16)36)23(37)38)19(25(30,31)32)21(18)34-8-6-33(7-9-34)15-3-1-2-13(10-15)24(27,28)29/h1-3,10-12,14H,4-9H2,(H,37,38).